The molecule has 2 amide bonds. The van der Waals surface area contributed by atoms with Crippen molar-refractivity contribution in [2.45, 2.75) is 38.6 Å². The molecule has 1 heterocycles. The Balaban J connectivity index is 1.52. The van der Waals surface area contributed by atoms with E-state index in [0.29, 0.717) is 17.2 Å². The minimum atomic E-state index is -0.306. The van der Waals surface area contributed by atoms with Gasteiger partial charge in [-0.15, -0.1) is 0 Å². The van der Waals surface area contributed by atoms with Crippen LogP contribution in [0, 0.1) is 18.8 Å². The van der Waals surface area contributed by atoms with Crippen molar-refractivity contribution < 1.29 is 14.0 Å². The van der Waals surface area contributed by atoms with Gasteiger partial charge in [0, 0.05) is 17.7 Å². The maximum absolute atomic E-state index is 12.9. The van der Waals surface area contributed by atoms with Gasteiger partial charge in [0.15, 0.2) is 0 Å². The summed E-state index contributed by atoms with van der Waals surface area (Å²) in [6, 6.07) is 11.0. The summed E-state index contributed by atoms with van der Waals surface area (Å²) < 4.78 is 5.33. The molecule has 2 saturated carbocycles. The van der Waals surface area contributed by atoms with Crippen LogP contribution in [-0.4, -0.2) is 17.9 Å². The summed E-state index contributed by atoms with van der Waals surface area (Å²) in [5, 5.41) is 5.89. The minimum absolute atomic E-state index is 0.201. The number of hydrogen-bond donors (Lipinski definition) is 2. The number of benzene rings is 1. The number of amides is 2. The third-order valence-electron chi connectivity index (χ3n) is 5.66. The maximum atomic E-state index is 12.9. The van der Waals surface area contributed by atoms with Crippen LogP contribution in [-0.2, 0) is 4.79 Å². The molecule has 5 nitrogen and oxygen atoms in total. The van der Waals surface area contributed by atoms with Crippen molar-refractivity contribution in [1.29, 1.82) is 0 Å². The molecular formula is C22H24N2O3. The average molecular weight is 364 g/mol. The molecule has 0 spiro atoms. The second-order valence-corrected chi connectivity index (χ2v) is 7.65. The van der Waals surface area contributed by atoms with E-state index < -0.39 is 0 Å². The highest BCUT2D eigenvalue weighted by molar-refractivity contribution is 6.05. The second-order valence-electron chi connectivity index (χ2n) is 7.65. The fraction of sp³-hybridized carbons (Fsp3) is 0.364. The molecule has 0 aliphatic heterocycles. The summed E-state index contributed by atoms with van der Waals surface area (Å²) >= 11 is 0. The molecule has 2 fully saturated rings. The predicted molar refractivity (Wildman–Crippen MR) is 103 cm³/mol. The van der Waals surface area contributed by atoms with E-state index in [1.54, 1.807) is 36.6 Å². The molecule has 2 aliphatic carbocycles. The highest BCUT2D eigenvalue weighted by Crippen LogP contribution is 2.44. The van der Waals surface area contributed by atoms with E-state index in [-0.39, 0.29) is 23.6 Å². The lowest BCUT2D eigenvalue weighted by molar-refractivity contribution is -0.118. The Morgan fingerprint density at radius 1 is 1.15 bits per heavy atom. The quantitative estimate of drug-likeness (QED) is 0.796. The fourth-order valence-corrected chi connectivity index (χ4v) is 4.32. The van der Waals surface area contributed by atoms with Crippen LogP contribution in [0.15, 0.2) is 52.8 Å². The van der Waals surface area contributed by atoms with Gasteiger partial charge < -0.3 is 15.1 Å². The van der Waals surface area contributed by atoms with Gasteiger partial charge in [-0.2, -0.15) is 0 Å². The van der Waals surface area contributed by atoms with E-state index in [0.717, 1.165) is 17.9 Å². The summed E-state index contributed by atoms with van der Waals surface area (Å²) in [6.45, 7) is 1.93. The lowest BCUT2D eigenvalue weighted by atomic mass is 9.95. The van der Waals surface area contributed by atoms with Crippen LogP contribution in [0.4, 0.5) is 0 Å². The number of carbonyl (C=O) groups is 2. The van der Waals surface area contributed by atoms with Crippen LogP contribution in [0.25, 0.3) is 6.08 Å². The standard InChI is InChI=1S/C22H24N2O3/c1-14-4-2-5-17(10-14)21(25)24-20(13-18-6-3-9-27-18)22(26)23-19-12-15-7-8-16(19)11-15/h2-6,9-10,13,15-16,19H,7-8,11-12H2,1H3,(H,23,26)(H,24,25)/b20-13-/t15-,16-,19-/m0/s1. The molecule has 3 atom stereocenters. The zero-order valence-corrected chi connectivity index (χ0v) is 15.4. The van der Waals surface area contributed by atoms with E-state index >= 15 is 0 Å². The number of rotatable bonds is 5. The van der Waals surface area contributed by atoms with E-state index in [2.05, 4.69) is 10.6 Å². The Kier molecular flexibility index (Phi) is 4.84. The first-order chi connectivity index (χ1) is 13.1. The maximum Gasteiger partial charge on any atom is 0.268 e. The molecule has 2 aromatic rings. The predicted octanol–water partition coefficient (Wildman–Crippen LogP) is 3.66. The van der Waals surface area contributed by atoms with Crippen molar-refractivity contribution in [3.8, 4) is 0 Å². The third-order valence-corrected chi connectivity index (χ3v) is 5.66. The van der Waals surface area contributed by atoms with E-state index in [1.165, 1.54) is 19.3 Å². The molecule has 5 heteroatoms. The molecule has 2 bridgehead atoms. The molecule has 2 aliphatic rings. The number of carbonyl (C=O) groups excluding carboxylic acids is 2. The zero-order chi connectivity index (χ0) is 18.8. The smallest absolute Gasteiger partial charge is 0.268 e. The summed E-state index contributed by atoms with van der Waals surface area (Å²) in [7, 11) is 0. The van der Waals surface area contributed by atoms with Crippen LogP contribution in [0.5, 0.6) is 0 Å². The first kappa shape index (κ1) is 17.6. The molecule has 0 unspecified atom stereocenters. The van der Waals surface area contributed by atoms with E-state index in [9.17, 15) is 9.59 Å². The normalized spacial score (nSPS) is 24.0. The van der Waals surface area contributed by atoms with Gasteiger partial charge in [-0.3, -0.25) is 9.59 Å². The van der Waals surface area contributed by atoms with Crippen molar-refractivity contribution in [1.82, 2.24) is 10.6 Å². The first-order valence-corrected chi connectivity index (χ1v) is 9.52. The Hall–Kier alpha value is -2.82. The van der Waals surface area contributed by atoms with Gasteiger partial charge in [-0.05, 0) is 62.3 Å². The Bertz CT molecular complexity index is 869. The van der Waals surface area contributed by atoms with Gasteiger partial charge in [-0.25, -0.2) is 0 Å². The Labute approximate surface area is 158 Å². The Morgan fingerprint density at radius 2 is 2.04 bits per heavy atom. The Morgan fingerprint density at radius 3 is 2.70 bits per heavy atom. The highest BCUT2D eigenvalue weighted by atomic mass is 16.3. The van der Waals surface area contributed by atoms with E-state index in [4.69, 9.17) is 4.42 Å². The third kappa shape index (κ3) is 3.97. The van der Waals surface area contributed by atoms with Gasteiger partial charge in [0.2, 0.25) is 0 Å². The van der Waals surface area contributed by atoms with Gasteiger partial charge in [0.25, 0.3) is 11.8 Å². The largest absolute Gasteiger partial charge is 0.465 e. The lowest BCUT2D eigenvalue weighted by Crippen LogP contribution is -2.42. The first-order valence-electron chi connectivity index (χ1n) is 9.52. The van der Waals surface area contributed by atoms with Crippen LogP contribution in [0.2, 0.25) is 0 Å². The molecule has 0 saturated heterocycles. The molecule has 1 aromatic heterocycles. The van der Waals surface area contributed by atoms with Gasteiger partial charge in [0.1, 0.15) is 11.5 Å². The van der Waals surface area contributed by atoms with Gasteiger partial charge in [0.05, 0.1) is 6.26 Å². The number of aryl methyl sites for hydroxylation is 1. The molecule has 1 aromatic carbocycles. The molecule has 4 rings (SSSR count). The van der Waals surface area contributed by atoms with Crippen LogP contribution >= 0.6 is 0 Å². The van der Waals surface area contributed by atoms with Gasteiger partial charge in [-0.1, -0.05) is 24.1 Å². The molecule has 2 N–H and O–H groups in total. The van der Waals surface area contributed by atoms with Crippen molar-refractivity contribution >= 4 is 17.9 Å². The second kappa shape index (κ2) is 7.43. The van der Waals surface area contributed by atoms with Crippen molar-refractivity contribution in [2.75, 3.05) is 0 Å². The molecule has 27 heavy (non-hydrogen) atoms. The SMILES string of the molecule is Cc1cccc(C(=O)N/C(=C\c2ccco2)C(=O)N[C@H]2C[C@H]3CC[C@H]2C3)c1. The van der Waals surface area contributed by atoms with Crippen LogP contribution < -0.4 is 10.6 Å². The zero-order valence-electron chi connectivity index (χ0n) is 15.4. The summed E-state index contributed by atoms with van der Waals surface area (Å²) in [4.78, 5) is 25.5. The van der Waals surface area contributed by atoms with Crippen molar-refractivity contribution in [3.05, 3.63) is 65.2 Å². The number of nitrogens with one attached hydrogen (secondary N) is 2. The molecule has 0 radical (unpaired) electrons. The number of fused-ring (bicyclic) bond motifs is 2. The lowest BCUT2D eigenvalue weighted by Gasteiger charge is -2.23. The topological polar surface area (TPSA) is 71.3 Å². The van der Waals surface area contributed by atoms with Crippen LogP contribution in [0.1, 0.15) is 47.4 Å². The van der Waals surface area contributed by atoms with E-state index in [1.807, 2.05) is 19.1 Å². The fourth-order valence-electron chi connectivity index (χ4n) is 4.32. The molecular weight excluding hydrogens is 340 g/mol. The monoisotopic (exact) mass is 364 g/mol. The minimum Gasteiger partial charge on any atom is -0.465 e. The number of furan rings is 1. The highest BCUT2D eigenvalue weighted by Gasteiger charge is 2.40. The van der Waals surface area contributed by atoms with Crippen molar-refractivity contribution in [3.63, 3.8) is 0 Å². The number of hydrogen-bond acceptors (Lipinski definition) is 3. The van der Waals surface area contributed by atoms with Crippen molar-refractivity contribution in [2.24, 2.45) is 11.8 Å². The summed E-state index contributed by atoms with van der Waals surface area (Å²) in [5.74, 6) is 1.26. The summed E-state index contributed by atoms with van der Waals surface area (Å²) in [5.41, 5.74) is 1.72. The van der Waals surface area contributed by atoms with Crippen LogP contribution in [0.3, 0.4) is 0 Å². The average Bonchev–Trinajstić information content (AvgIpc) is 3.39. The summed E-state index contributed by atoms with van der Waals surface area (Å²) in [6.07, 6.45) is 7.82. The van der Waals surface area contributed by atoms with Gasteiger partial charge >= 0.3 is 0 Å². The molecule has 140 valence electrons.